The average Bonchev–Trinajstić information content (AvgIpc) is 2.28. The summed E-state index contributed by atoms with van der Waals surface area (Å²) in [7, 11) is 1.85. The summed E-state index contributed by atoms with van der Waals surface area (Å²) in [5.41, 5.74) is 0.553. The lowest BCUT2D eigenvalue weighted by molar-refractivity contribution is 0.0573. The Morgan fingerprint density at radius 1 is 1.42 bits per heavy atom. The molecule has 0 heterocycles. The molecule has 0 saturated heterocycles. The molecule has 1 aliphatic rings. The number of methoxy groups -OCH3 is 1. The molecule has 0 amide bonds. The SMILES string of the molecule is CCC1(C)CCCCC(OC)C1. The van der Waals surface area contributed by atoms with Crippen molar-refractivity contribution in [2.75, 3.05) is 7.11 Å². The third-order valence-electron chi connectivity index (χ3n) is 3.46. The second kappa shape index (κ2) is 4.27. The lowest BCUT2D eigenvalue weighted by Gasteiger charge is -2.29. The smallest absolute Gasteiger partial charge is 0.0576 e. The Morgan fingerprint density at radius 3 is 2.75 bits per heavy atom. The van der Waals surface area contributed by atoms with Crippen molar-refractivity contribution in [3.05, 3.63) is 0 Å². The highest BCUT2D eigenvalue weighted by molar-refractivity contribution is 4.80. The Morgan fingerprint density at radius 2 is 2.17 bits per heavy atom. The summed E-state index contributed by atoms with van der Waals surface area (Å²) in [6.45, 7) is 4.71. The maximum absolute atomic E-state index is 5.47. The van der Waals surface area contributed by atoms with E-state index in [2.05, 4.69) is 13.8 Å². The molecule has 0 radical (unpaired) electrons. The van der Waals surface area contributed by atoms with Gasteiger partial charge in [0.05, 0.1) is 6.10 Å². The molecule has 1 nitrogen and oxygen atoms in total. The van der Waals surface area contributed by atoms with Gasteiger partial charge < -0.3 is 4.74 Å². The monoisotopic (exact) mass is 170 g/mol. The molecule has 2 unspecified atom stereocenters. The van der Waals surface area contributed by atoms with Crippen molar-refractivity contribution < 1.29 is 4.74 Å². The minimum Gasteiger partial charge on any atom is -0.381 e. The van der Waals surface area contributed by atoms with E-state index in [-0.39, 0.29) is 0 Å². The van der Waals surface area contributed by atoms with E-state index in [1.807, 2.05) is 7.11 Å². The average molecular weight is 170 g/mol. The first-order valence-corrected chi connectivity index (χ1v) is 5.23. The fraction of sp³-hybridized carbons (Fsp3) is 1.00. The van der Waals surface area contributed by atoms with E-state index in [9.17, 15) is 0 Å². The Labute approximate surface area is 76.5 Å². The first kappa shape index (κ1) is 10.0. The van der Waals surface area contributed by atoms with Crippen molar-refractivity contribution in [3.8, 4) is 0 Å². The highest BCUT2D eigenvalue weighted by atomic mass is 16.5. The van der Waals surface area contributed by atoms with Crippen LogP contribution in [0.25, 0.3) is 0 Å². The summed E-state index contributed by atoms with van der Waals surface area (Å²) in [4.78, 5) is 0. The first-order valence-electron chi connectivity index (χ1n) is 5.23. The molecular weight excluding hydrogens is 148 g/mol. The van der Waals surface area contributed by atoms with Gasteiger partial charge in [-0.25, -0.2) is 0 Å². The molecule has 12 heavy (non-hydrogen) atoms. The van der Waals surface area contributed by atoms with Crippen molar-refractivity contribution in [2.24, 2.45) is 5.41 Å². The van der Waals surface area contributed by atoms with Gasteiger partial charge in [0.1, 0.15) is 0 Å². The predicted molar refractivity (Wildman–Crippen MR) is 52.3 cm³/mol. The lowest BCUT2D eigenvalue weighted by Crippen LogP contribution is -2.21. The van der Waals surface area contributed by atoms with Gasteiger partial charge in [-0.15, -0.1) is 0 Å². The molecule has 1 heteroatoms. The minimum absolute atomic E-state index is 0.525. The Kier molecular flexibility index (Phi) is 3.57. The zero-order valence-corrected chi connectivity index (χ0v) is 8.73. The van der Waals surface area contributed by atoms with Crippen molar-refractivity contribution in [2.45, 2.75) is 58.5 Å². The van der Waals surface area contributed by atoms with Crippen molar-refractivity contribution in [3.63, 3.8) is 0 Å². The van der Waals surface area contributed by atoms with Gasteiger partial charge in [0.15, 0.2) is 0 Å². The molecule has 1 fully saturated rings. The zero-order valence-electron chi connectivity index (χ0n) is 8.73. The van der Waals surface area contributed by atoms with E-state index < -0.39 is 0 Å². The molecule has 1 rings (SSSR count). The summed E-state index contributed by atoms with van der Waals surface area (Å²) >= 11 is 0. The summed E-state index contributed by atoms with van der Waals surface area (Å²) in [6, 6.07) is 0. The second-order valence-corrected chi connectivity index (χ2v) is 4.47. The fourth-order valence-corrected chi connectivity index (χ4v) is 2.20. The van der Waals surface area contributed by atoms with Gasteiger partial charge in [0.2, 0.25) is 0 Å². The highest BCUT2D eigenvalue weighted by Crippen LogP contribution is 2.38. The standard InChI is InChI=1S/C11H22O/c1-4-11(2)8-6-5-7-10(9-11)12-3/h10H,4-9H2,1-3H3. The van der Waals surface area contributed by atoms with Gasteiger partial charge in [-0.05, 0) is 24.7 Å². The Balaban J connectivity index is 2.52. The molecule has 0 bridgehead atoms. The van der Waals surface area contributed by atoms with Gasteiger partial charge in [-0.1, -0.05) is 33.1 Å². The number of ether oxygens (including phenoxy) is 1. The topological polar surface area (TPSA) is 9.23 Å². The van der Waals surface area contributed by atoms with Gasteiger partial charge in [0.25, 0.3) is 0 Å². The van der Waals surface area contributed by atoms with E-state index in [1.54, 1.807) is 0 Å². The van der Waals surface area contributed by atoms with Crippen LogP contribution in [0.1, 0.15) is 52.4 Å². The third-order valence-corrected chi connectivity index (χ3v) is 3.46. The molecule has 0 aliphatic heterocycles. The second-order valence-electron chi connectivity index (χ2n) is 4.47. The normalized spacial score (nSPS) is 37.8. The van der Waals surface area contributed by atoms with Crippen molar-refractivity contribution in [1.29, 1.82) is 0 Å². The quantitative estimate of drug-likeness (QED) is 0.577. The molecule has 0 aromatic rings. The van der Waals surface area contributed by atoms with Crippen LogP contribution in [-0.2, 0) is 4.74 Å². The highest BCUT2D eigenvalue weighted by Gasteiger charge is 2.28. The van der Waals surface area contributed by atoms with Crippen LogP contribution in [0.5, 0.6) is 0 Å². The van der Waals surface area contributed by atoms with Crippen LogP contribution in [0, 0.1) is 5.41 Å². The molecular formula is C11H22O. The summed E-state index contributed by atoms with van der Waals surface area (Å²) in [5.74, 6) is 0. The van der Waals surface area contributed by atoms with Crippen LogP contribution in [-0.4, -0.2) is 13.2 Å². The molecule has 2 atom stereocenters. The number of rotatable bonds is 2. The number of hydrogen-bond acceptors (Lipinski definition) is 1. The maximum Gasteiger partial charge on any atom is 0.0576 e. The molecule has 72 valence electrons. The lowest BCUT2D eigenvalue weighted by atomic mass is 9.79. The molecule has 0 aromatic heterocycles. The van der Waals surface area contributed by atoms with Crippen LogP contribution in [0.15, 0.2) is 0 Å². The molecule has 0 N–H and O–H groups in total. The van der Waals surface area contributed by atoms with Gasteiger partial charge in [0, 0.05) is 7.11 Å². The minimum atomic E-state index is 0.525. The first-order chi connectivity index (χ1) is 5.70. The van der Waals surface area contributed by atoms with Crippen LogP contribution in [0.2, 0.25) is 0 Å². The van der Waals surface area contributed by atoms with E-state index in [1.165, 1.54) is 38.5 Å². The van der Waals surface area contributed by atoms with E-state index in [4.69, 9.17) is 4.74 Å². The van der Waals surface area contributed by atoms with Crippen LogP contribution < -0.4 is 0 Å². The van der Waals surface area contributed by atoms with E-state index >= 15 is 0 Å². The Bertz CT molecular complexity index is 133. The van der Waals surface area contributed by atoms with Gasteiger partial charge >= 0.3 is 0 Å². The summed E-state index contributed by atoms with van der Waals surface area (Å²) < 4.78 is 5.47. The largest absolute Gasteiger partial charge is 0.381 e. The Hall–Kier alpha value is -0.0400. The fourth-order valence-electron chi connectivity index (χ4n) is 2.20. The third kappa shape index (κ3) is 2.48. The maximum atomic E-state index is 5.47. The zero-order chi connectivity index (χ0) is 9.03. The summed E-state index contributed by atoms with van der Waals surface area (Å²) in [6.07, 6.45) is 8.50. The van der Waals surface area contributed by atoms with Crippen LogP contribution in [0.4, 0.5) is 0 Å². The van der Waals surface area contributed by atoms with Crippen molar-refractivity contribution >= 4 is 0 Å². The van der Waals surface area contributed by atoms with Gasteiger partial charge in [-0.2, -0.15) is 0 Å². The van der Waals surface area contributed by atoms with Gasteiger partial charge in [-0.3, -0.25) is 0 Å². The molecule has 0 spiro atoms. The van der Waals surface area contributed by atoms with E-state index in [0.717, 1.165) is 0 Å². The predicted octanol–water partition coefficient (Wildman–Crippen LogP) is 3.38. The molecule has 1 aliphatic carbocycles. The molecule has 1 saturated carbocycles. The van der Waals surface area contributed by atoms with Crippen LogP contribution in [0.3, 0.4) is 0 Å². The van der Waals surface area contributed by atoms with E-state index in [0.29, 0.717) is 11.5 Å². The van der Waals surface area contributed by atoms with Crippen molar-refractivity contribution in [1.82, 2.24) is 0 Å². The van der Waals surface area contributed by atoms with Crippen LogP contribution >= 0.6 is 0 Å². The summed E-state index contributed by atoms with van der Waals surface area (Å²) in [5, 5.41) is 0. The molecule has 0 aromatic carbocycles. The number of hydrogen-bond donors (Lipinski definition) is 0.